The fourth-order valence-electron chi connectivity index (χ4n) is 2.21. The van der Waals surface area contributed by atoms with E-state index in [0.29, 0.717) is 24.3 Å². The highest BCUT2D eigenvalue weighted by Crippen LogP contribution is 2.28. The molecule has 0 aliphatic heterocycles. The smallest absolute Gasteiger partial charge is 0.305 e. The lowest BCUT2D eigenvalue weighted by Crippen LogP contribution is -2.27. The molecule has 0 atom stereocenters. The molecule has 0 N–H and O–H groups in total. The molecule has 3 rings (SSSR count). The van der Waals surface area contributed by atoms with Crippen molar-refractivity contribution in [1.82, 2.24) is 14.3 Å². The van der Waals surface area contributed by atoms with Crippen LogP contribution in [-0.2, 0) is 9.53 Å². The summed E-state index contributed by atoms with van der Waals surface area (Å²) in [5, 5.41) is 1.97. The van der Waals surface area contributed by atoms with E-state index >= 15 is 0 Å². The van der Waals surface area contributed by atoms with Gasteiger partial charge in [-0.3, -0.25) is 14.0 Å². The highest BCUT2D eigenvalue weighted by molar-refractivity contribution is 7.21. The molecule has 0 radical (unpaired) electrons. The molecule has 0 bridgehead atoms. The zero-order valence-corrected chi connectivity index (χ0v) is 13.9. The number of ether oxygens (including phenoxy) is 1. The van der Waals surface area contributed by atoms with Gasteiger partial charge < -0.3 is 9.64 Å². The molecule has 0 aliphatic rings. The SMILES string of the molecule is COC(=O)CCCN(C)C(=O)c1cc2c(nc3sccn32)s1. The van der Waals surface area contributed by atoms with E-state index in [-0.39, 0.29) is 11.9 Å². The predicted octanol–water partition coefficient (Wildman–Crippen LogP) is 2.64. The number of aromatic nitrogens is 2. The third kappa shape index (κ3) is 2.71. The summed E-state index contributed by atoms with van der Waals surface area (Å²) in [6, 6.07) is 1.88. The summed E-state index contributed by atoms with van der Waals surface area (Å²) in [5.41, 5.74) is 0.965. The van der Waals surface area contributed by atoms with E-state index in [4.69, 9.17) is 0 Å². The van der Waals surface area contributed by atoms with Crippen LogP contribution in [0.3, 0.4) is 0 Å². The first-order valence-electron chi connectivity index (χ1n) is 6.77. The zero-order chi connectivity index (χ0) is 15.7. The molecule has 0 saturated heterocycles. The molecule has 116 valence electrons. The maximum absolute atomic E-state index is 12.4. The predicted molar refractivity (Wildman–Crippen MR) is 86.7 cm³/mol. The minimum Gasteiger partial charge on any atom is -0.469 e. The van der Waals surface area contributed by atoms with E-state index < -0.39 is 0 Å². The van der Waals surface area contributed by atoms with E-state index in [1.807, 2.05) is 22.0 Å². The minimum absolute atomic E-state index is 0.0446. The Balaban J connectivity index is 1.71. The Morgan fingerprint density at radius 1 is 1.45 bits per heavy atom. The number of thiazole rings is 1. The van der Waals surface area contributed by atoms with Crippen molar-refractivity contribution in [2.75, 3.05) is 20.7 Å². The number of carbonyl (C=O) groups excluding carboxylic acids is 2. The van der Waals surface area contributed by atoms with Gasteiger partial charge in [0.25, 0.3) is 5.91 Å². The van der Waals surface area contributed by atoms with Gasteiger partial charge in [0.1, 0.15) is 4.83 Å². The van der Waals surface area contributed by atoms with Gasteiger partial charge in [-0.05, 0) is 12.5 Å². The number of carbonyl (C=O) groups is 2. The molecule has 0 saturated carbocycles. The van der Waals surface area contributed by atoms with Gasteiger partial charge in [0.15, 0.2) is 4.96 Å². The molecule has 3 heterocycles. The number of amides is 1. The van der Waals surface area contributed by atoms with Gasteiger partial charge in [0, 0.05) is 31.6 Å². The van der Waals surface area contributed by atoms with Gasteiger partial charge in [-0.1, -0.05) is 0 Å². The van der Waals surface area contributed by atoms with Crippen LogP contribution in [0.5, 0.6) is 0 Å². The molecule has 1 amide bonds. The zero-order valence-electron chi connectivity index (χ0n) is 12.2. The molecule has 3 aromatic rings. The average molecular weight is 337 g/mol. The third-order valence-electron chi connectivity index (χ3n) is 3.40. The first kappa shape index (κ1) is 15.0. The van der Waals surface area contributed by atoms with E-state index in [2.05, 4.69) is 9.72 Å². The fourth-order valence-corrected chi connectivity index (χ4v) is 4.00. The van der Waals surface area contributed by atoms with E-state index in [9.17, 15) is 9.59 Å². The number of nitrogens with zero attached hydrogens (tertiary/aromatic N) is 3. The molecule has 0 spiro atoms. The monoisotopic (exact) mass is 337 g/mol. The molecule has 0 aromatic carbocycles. The van der Waals surface area contributed by atoms with Gasteiger partial charge in [-0.25, -0.2) is 4.98 Å². The average Bonchev–Trinajstić information content (AvgIpc) is 3.17. The Labute approximate surface area is 134 Å². The number of methoxy groups -OCH3 is 1. The molecule has 0 unspecified atom stereocenters. The van der Waals surface area contributed by atoms with Crippen molar-refractivity contribution < 1.29 is 14.3 Å². The van der Waals surface area contributed by atoms with Crippen molar-refractivity contribution in [3.8, 4) is 0 Å². The van der Waals surface area contributed by atoms with Crippen LogP contribution in [0.15, 0.2) is 17.6 Å². The normalized spacial score (nSPS) is 11.2. The molecule has 22 heavy (non-hydrogen) atoms. The van der Waals surface area contributed by atoms with Crippen LogP contribution in [0.4, 0.5) is 0 Å². The summed E-state index contributed by atoms with van der Waals surface area (Å²) in [5.74, 6) is -0.298. The van der Waals surface area contributed by atoms with Gasteiger partial charge >= 0.3 is 5.97 Å². The summed E-state index contributed by atoms with van der Waals surface area (Å²) in [6.07, 6.45) is 2.86. The Hall–Kier alpha value is -1.93. The van der Waals surface area contributed by atoms with Gasteiger partial charge in [-0.2, -0.15) is 0 Å². The largest absolute Gasteiger partial charge is 0.469 e. The second kappa shape index (κ2) is 6.05. The van der Waals surface area contributed by atoms with Gasteiger partial charge in [0.2, 0.25) is 0 Å². The van der Waals surface area contributed by atoms with Crippen molar-refractivity contribution in [3.63, 3.8) is 0 Å². The van der Waals surface area contributed by atoms with Crippen molar-refractivity contribution >= 4 is 49.9 Å². The Kier molecular flexibility index (Phi) is 4.12. The molecular weight excluding hydrogens is 322 g/mol. The van der Waals surface area contributed by atoms with Crippen molar-refractivity contribution in [2.45, 2.75) is 12.8 Å². The van der Waals surface area contributed by atoms with Crippen LogP contribution in [0.2, 0.25) is 0 Å². The number of esters is 1. The van der Waals surface area contributed by atoms with Crippen molar-refractivity contribution in [3.05, 3.63) is 22.5 Å². The third-order valence-corrected chi connectivity index (χ3v) is 5.16. The second-order valence-electron chi connectivity index (χ2n) is 4.87. The standard InChI is InChI=1S/C14H15N3O3S2/c1-16(5-3-4-11(18)20-2)13(19)10-8-9-12(22-10)15-14-17(9)6-7-21-14/h6-8H,3-5H2,1-2H3. The summed E-state index contributed by atoms with van der Waals surface area (Å²) >= 11 is 2.97. The van der Waals surface area contributed by atoms with Crippen molar-refractivity contribution in [1.29, 1.82) is 0 Å². The maximum Gasteiger partial charge on any atom is 0.305 e. The number of hydrogen-bond donors (Lipinski definition) is 0. The van der Waals surface area contributed by atoms with Crippen molar-refractivity contribution in [2.24, 2.45) is 0 Å². The van der Waals surface area contributed by atoms with Gasteiger partial charge in [0.05, 0.1) is 17.5 Å². The highest BCUT2D eigenvalue weighted by Gasteiger charge is 2.18. The number of thiophene rings is 1. The molecular formula is C14H15N3O3S2. The first-order valence-corrected chi connectivity index (χ1v) is 8.47. The topological polar surface area (TPSA) is 63.9 Å². The molecule has 3 aromatic heterocycles. The van der Waals surface area contributed by atoms with Crippen LogP contribution >= 0.6 is 22.7 Å². The van der Waals surface area contributed by atoms with Crippen LogP contribution in [0.25, 0.3) is 15.3 Å². The first-order chi connectivity index (χ1) is 10.6. The summed E-state index contributed by atoms with van der Waals surface area (Å²) in [4.78, 5) is 32.1. The number of rotatable bonds is 5. The Morgan fingerprint density at radius 2 is 2.27 bits per heavy atom. The fraction of sp³-hybridized carbons (Fsp3) is 0.357. The lowest BCUT2D eigenvalue weighted by Gasteiger charge is -2.15. The van der Waals surface area contributed by atoms with E-state index in [0.717, 1.165) is 15.3 Å². The maximum atomic E-state index is 12.4. The molecule has 6 nitrogen and oxygen atoms in total. The summed E-state index contributed by atoms with van der Waals surface area (Å²) in [7, 11) is 3.11. The summed E-state index contributed by atoms with van der Waals surface area (Å²) in [6.45, 7) is 0.518. The van der Waals surface area contributed by atoms with Crippen LogP contribution in [0, 0.1) is 0 Å². The number of fused-ring (bicyclic) bond motifs is 3. The van der Waals surface area contributed by atoms with E-state index in [1.165, 1.54) is 18.4 Å². The van der Waals surface area contributed by atoms with Crippen LogP contribution in [-0.4, -0.2) is 46.9 Å². The summed E-state index contributed by atoms with van der Waals surface area (Å²) < 4.78 is 6.58. The second-order valence-corrected chi connectivity index (χ2v) is 6.78. The molecule has 8 heteroatoms. The number of imidazole rings is 1. The van der Waals surface area contributed by atoms with Gasteiger partial charge in [-0.15, -0.1) is 22.7 Å². The quantitative estimate of drug-likeness (QED) is 0.672. The van der Waals surface area contributed by atoms with Crippen LogP contribution < -0.4 is 0 Å². The molecule has 0 aliphatic carbocycles. The molecule has 0 fully saturated rings. The van der Waals surface area contributed by atoms with E-state index in [1.54, 1.807) is 23.3 Å². The Morgan fingerprint density at radius 3 is 3.05 bits per heavy atom. The highest BCUT2D eigenvalue weighted by atomic mass is 32.1. The number of hydrogen-bond acceptors (Lipinski definition) is 6. The Bertz CT molecular complexity index is 833. The lowest BCUT2D eigenvalue weighted by molar-refractivity contribution is -0.140. The lowest BCUT2D eigenvalue weighted by atomic mass is 10.3. The minimum atomic E-state index is -0.254. The van der Waals surface area contributed by atoms with Crippen LogP contribution in [0.1, 0.15) is 22.5 Å².